The molecule has 2 fully saturated rings. The molecule has 10 rings (SSSR count). The molecule has 2 aromatic rings. The Hall–Kier alpha value is -3.45. The minimum absolute atomic E-state index is 0.183. The second kappa shape index (κ2) is 7.67. The van der Waals surface area contributed by atoms with Crippen LogP contribution in [0, 0.1) is 0 Å². The van der Waals surface area contributed by atoms with Gasteiger partial charge in [0.2, 0.25) is 0 Å². The average molecular weight is 601 g/mol. The number of aromatic hydroxyl groups is 2. The Balaban J connectivity index is 1.21. The van der Waals surface area contributed by atoms with E-state index in [1.54, 1.807) is 24.3 Å². The van der Waals surface area contributed by atoms with E-state index >= 15 is 0 Å². The lowest BCUT2D eigenvalue weighted by molar-refractivity contribution is -0.120. The van der Waals surface area contributed by atoms with Crippen molar-refractivity contribution in [2.24, 2.45) is 0 Å². The van der Waals surface area contributed by atoms with Crippen LogP contribution in [0.4, 0.5) is 0 Å². The number of ketones is 1. The van der Waals surface area contributed by atoms with Gasteiger partial charge in [-0.3, -0.25) is 4.79 Å². The molecule has 11 nitrogen and oxygen atoms in total. The molecule has 0 amide bonds. The van der Waals surface area contributed by atoms with Crippen molar-refractivity contribution < 1.29 is 44.9 Å². The molecule has 2 saturated heterocycles. The van der Waals surface area contributed by atoms with Crippen molar-refractivity contribution in [1.29, 1.82) is 0 Å². The maximum atomic E-state index is 14.8. The van der Waals surface area contributed by atoms with Crippen LogP contribution in [0.5, 0.6) is 23.0 Å². The van der Waals surface area contributed by atoms with Gasteiger partial charge in [-0.25, -0.2) is 0 Å². The van der Waals surface area contributed by atoms with E-state index in [2.05, 4.69) is 10.6 Å². The standard InChI is InChI=1S/C33H32N2O9/c36-17-1-3-32(41)21-11-13-15(9-19(38)26-23(13)30(32,5-7-34-21)28(17)43-26)25(40)16-10-20(39)27-24-14(16)12-22-33(42)4-2-18(37)29(44-27)31(24,33)6-8-35-22/h1-4,9-10,17-18,21-22,28-29,34-39,41-42H,5-8,11-12H2/t17-,18-,21+,22+,28-,29-,30-,31-,32+,33+/m0/s1. The van der Waals surface area contributed by atoms with Gasteiger partial charge in [0.05, 0.1) is 10.8 Å². The molecule has 11 heteroatoms. The first kappa shape index (κ1) is 25.8. The lowest BCUT2D eigenvalue weighted by Crippen LogP contribution is -2.75. The number of nitrogens with one attached hydrogen (secondary N) is 2. The van der Waals surface area contributed by atoms with Gasteiger partial charge in [0.1, 0.15) is 35.6 Å². The molecule has 2 spiro atoms. The van der Waals surface area contributed by atoms with Crippen molar-refractivity contribution in [3.8, 4) is 23.0 Å². The fourth-order valence-corrected chi connectivity index (χ4v) is 10.7. The summed E-state index contributed by atoms with van der Waals surface area (Å²) in [6, 6.07) is 1.86. The van der Waals surface area contributed by atoms with Crippen molar-refractivity contribution >= 4 is 5.78 Å². The van der Waals surface area contributed by atoms with Crippen molar-refractivity contribution in [2.45, 2.75) is 84.2 Å². The molecule has 0 radical (unpaired) electrons. The van der Waals surface area contributed by atoms with E-state index in [-0.39, 0.29) is 47.0 Å². The van der Waals surface area contributed by atoms with E-state index in [1.165, 1.54) is 12.1 Å². The summed E-state index contributed by atoms with van der Waals surface area (Å²) in [5, 5.41) is 75.7. The molecule has 4 bridgehead atoms. The number of hydrogen-bond donors (Lipinski definition) is 8. The normalized spacial score (nSPS) is 44.0. The SMILES string of the molecule is O=C(c1cc(O)c2c3c1C[C@H]1NCC[C@@]34[C@@H](O2)[C@@H](O)C=C[C@@]14O)c1cc(O)c2c3c1C[C@H]1NCC[C@@]34[C@@H](O2)[C@@H](O)C=C[C@@]14O. The largest absolute Gasteiger partial charge is 0.504 e. The number of carbonyl (C=O) groups is 1. The maximum Gasteiger partial charge on any atom is 0.193 e. The number of hydrogen-bond acceptors (Lipinski definition) is 11. The third-order valence-electron chi connectivity index (χ3n) is 12.4. The summed E-state index contributed by atoms with van der Waals surface area (Å²) in [7, 11) is 0. The molecular weight excluding hydrogens is 568 g/mol. The van der Waals surface area contributed by atoms with E-state index in [0.717, 1.165) is 0 Å². The Morgan fingerprint density at radius 1 is 0.750 bits per heavy atom. The fourth-order valence-electron chi connectivity index (χ4n) is 10.7. The molecule has 10 atom stereocenters. The highest BCUT2D eigenvalue weighted by atomic mass is 16.5. The number of phenols is 2. The van der Waals surface area contributed by atoms with Gasteiger partial charge in [0.15, 0.2) is 28.8 Å². The number of ether oxygens (including phenoxy) is 2. The zero-order valence-electron chi connectivity index (χ0n) is 23.6. The number of phenolic OH excluding ortho intramolecular Hbond substituents is 2. The number of piperidine rings is 2. The second-order valence-corrected chi connectivity index (χ2v) is 13.9. The summed E-state index contributed by atoms with van der Waals surface area (Å²) in [6.45, 7) is 1.13. The summed E-state index contributed by atoms with van der Waals surface area (Å²) >= 11 is 0. The van der Waals surface area contributed by atoms with E-state index in [1.807, 2.05) is 0 Å². The van der Waals surface area contributed by atoms with Crippen molar-refractivity contribution in [2.75, 3.05) is 13.1 Å². The van der Waals surface area contributed by atoms with Crippen LogP contribution in [0.2, 0.25) is 0 Å². The first-order chi connectivity index (χ1) is 21.1. The third kappa shape index (κ3) is 2.46. The van der Waals surface area contributed by atoms with Crippen molar-refractivity contribution in [1.82, 2.24) is 10.6 Å². The first-order valence-corrected chi connectivity index (χ1v) is 15.4. The predicted octanol–water partition coefficient (Wildman–Crippen LogP) is -0.514. The highest BCUT2D eigenvalue weighted by Gasteiger charge is 2.72. The molecule has 228 valence electrons. The van der Waals surface area contributed by atoms with Crippen molar-refractivity contribution in [3.63, 3.8) is 0 Å². The molecule has 0 saturated carbocycles. The van der Waals surface area contributed by atoms with E-state index in [4.69, 9.17) is 9.47 Å². The smallest absolute Gasteiger partial charge is 0.193 e. The molecule has 4 aliphatic carbocycles. The molecule has 44 heavy (non-hydrogen) atoms. The first-order valence-electron chi connectivity index (χ1n) is 15.4. The summed E-state index contributed by atoms with van der Waals surface area (Å²) in [5.41, 5.74) is -2.07. The van der Waals surface area contributed by atoms with Crippen LogP contribution in [0.15, 0.2) is 36.4 Å². The third-order valence-corrected chi connectivity index (χ3v) is 12.4. The molecular formula is C33H32N2O9. The van der Waals surface area contributed by atoms with Gasteiger partial charge in [0, 0.05) is 34.3 Å². The van der Waals surface area contributed by atoms with Gasteiger partial charge in [-0.2, -0.15) is 0 Å². The Bertz CT molecular complexity index is 1680. The minimum Gasteiger partial charge on any atom is -0.504 e. The fraction of sp³-hybridized carbons (Fsp3) is 0.485. The van der Waals surface area contributed by atoms with Gasteiger partial charge < -0.3 is 50.7 Å². The highest BCUT2D eigenvalue weighted by Crippen LogP contribution is 2.65. The molecule has 2 aromatic carbocycles. The van der Waals surface area contributed by atoms with Crippen LogP contribution in [-0.2, 0) is 23.7 Å². The Labute approximate surface area is 251 Å². The Kier molecular flexibility index (Phi) is 4.50. The topological polar surface area (TPSA) is 181 Å². The van der Waals surface area contributed by atoms with E-state index < -0.39 is 64.3 Å². The second-order valence-electron chi connectivity index (χ2n) is 13.9. The van der Waals surface area contributed by atoms with Crippen LogP contribution in [-0.4, -0.2) is 97.2 Å². The van der Waals surface area contributed by atoms with Crippen LogP contribution in [0.3, 0.4) is 0 Å². The molecule has 8 N–H and O–H groups in total. The molecule has 0 unspecified atom stereocenters. The number of carbonyl (C=O) groups excluding carboxylic acids is 1. The van der Waals surface area contributed by atoms with Crippen molar-refractivity contribution in [3.05, 3.63) is 69.8 Å². The van der Waals surface area contributed by atoms with Crippen LogP contribution in [0.25, 0.3) is 0 Å². The van der Waals surface area contributed by atoms with Gasteiger partial charge in [0.25, 0.3) is 0 Å². The van der Waals surface area contributed by atoms with Gasteiger partial charge in [-0.1, -0.05) is 24.3 Å². The van der Waals surface area contributed by atoms with E-state index in [9.17, 15) is 35.4 Å². The summed E-state index contributed by atoms with van der Waals surface area (Å²) < 4.78 is 12.4. The molecule has 0 aromatic heterocycles. The quantitative estimate of drug-likeness (QED) is 0.164. The van der Waals surface area contributed by atoms with Gasteiger partial charge >= 0.3 is 0 Å². The summed E-state index contributed by atoms with van der Waals surface area (Å²) in [5.74, 6) is -0.559. The number of aliphatic hydroxyl groups is 4. The predicted molar refractivity (Wildman–Crippen MR) is 152 cm³/mol. The molecule has 4 heterocycles. The lowest BCUT2D eigenvalue weighted by atomic mass is 9.50. The monoisotopic (exact) mass is 600 g/mol. The Morgan fingerprint density at radius 3 is 1.61 bits per heavy atom. The molecule has 4 aliphatic heterocycles. The van der Waals surface area contributed by atoms with Crippen LogP contribution >= 0.6 is 0 Å². The highest BCUT2D eigenvalue weighted by molar-refractivity contribution is 6.12. The van der Waals surface area contributed by atoms with Crippen LogP contribution < -0.4 is 20.1 Å². The van der Waals surface area contributed by atoms with Gasteiger partial charge in [-0.15, -0.1) is 0 Å². The minimum atomic E-state index is -1.40. The maximum absolute atomic E-state index is 14.8. The number of rotatable bonds is 2. The van der Waals surface area contributed by atoms with Crippen LogP contribution in [0.1, 0.15) is 51.0 Å². The van der Waals surface area contributed by atoms with Gasteiger partial charge in [-0.05, 0) is 62.0 Å². The molecule has 8 aliphatic rings. The summed E-state index contributed by atoms with van der Waals surface area (Å²) in [6.07, 6.45) is 4.07. The number of benzene rings is 2. The zero-order valence-corrected chi connectivity index (χ0v) is 23.6. The zero-order chi connectivity index (χ0) is 30.1. The van der Waals surface area contributed by atoms with E-state index in [0.29, 0.717) is 48.2 Å². The summed E-state index contributed by atoms with van der Waals surface area (Å²) in [4.78, 5) is 14.8. The average Bonchev–Trinajstić information content (AvgIpc) is 3.52. The number of aliphatic hydroxyl groups excluding tert-OH is 2. The Morgan fingerprint density at radius 2 is 1.18 bits per heavy atom. The lowest BCUT2D eigenvalue weighted by Gasteiger charge is -2.59.